The number of carboxylic acid groups (broad SMARTS) is 1. The van der Waals surface area contributed by atoms with E-state index < -0.39 is 5.97 Å². The van der Waals surface area contributed by atoms with Crippen LogP contribution in [0, 0.1) is 0 Å². The Balaban J connectivity index is 2.22. The molecule has 0 aromatic heterocycles. The highest BCUT2D eigenvalue weighted by Crippen LogP contribution is 2.16. The Morgan fingerprint density at radius 3 is 2.95 bits per heavy atom. The third-order valence-electron chi connectivity index (χ3n) is 2.58. The molecule has 2 N–H and O–H groups in total. The normalized spacial score (nSPS) is 12.1. The number of carbonyl (C=O) groups is 1. The lowest BCUT2D eigenvalue weighted by Gasteiger charge is -2.10. The van der Waals surface area contributed by atoms with Crippen molar-refractivity contribution < 1.29 is 19.7 Å². The summed E-state index contributed by atoms with van der Waals surface area (Å²) in [6.45, 7) is 2.90. The maximum Gasteiger partial charge on any atom is 0.335 e. The zero-order valence-electron chi connectivity index (χ0n) is 11.0. The molecule has 1 atom stereocenters. The third-order valence-corrected chi connectivity index (χ3v) is 3.91. The Hall–Kier alpha value is -1.20. The van der Waals surface area contributed by atoms with E-state index in [1.165, 1.54) is 6.07 Å². The van der Waals surface area contributed by atoms with E-state index in [0.717, 1.165) is 18.6 Å². The summed E-state index contributed by atoms with van der Waals surface area (Å²) in [4.78, 5) is 10.8. The summed E-state index contributed by atoms with van der Waals surface area (Å²) < 4.78 is 5.51. The number of aromatic carboxylic acids is 1. The number of rotatable bonds is 9. The first-order valence-electron chi connectivity index (χ1n) is 6.32. The van der Waals surface area contributed by atoms with Crippen LogP contribution in [0.2, 0.25) is 0 Å². The van der Waals surface area contributed by atoms with Crippen molar-refractivity contribution in [3.05, 3.63) is 29.8 Å². The second kappa shape index (κ2) is 8.82. The molecular formula is C14H20O4S. The minimum Gasteiger partial charge on any atom is -0.494 e. The number of hydrogen-bond donors (Lipinski definition) is 2. The van der Waals surface area contributed by atoms with Gasteiger partial charge < -0.3 is 14.9 Å². The van der Waals surface area contributed by atoms with Crippen molar-refractivity contribution in [2.45, 2.75) is 25.0 Å². The van der Waals surface area contributed by atoms with Crippen LogP contribution in [-0.4, -0.2) is 40.4 Å². The van der Waals surface area contributed by atoms with Crippen LogP contribution in [0.4, 0.5) is 0 Å². The fraction of sp³-hybridized carbons (Fsp3) is 0.500. The molecule has 1 aromatic carbocycles. The van der Waals surface area contributed by atoms with E-state index in [1.807, 2.05) is 11.8 Å². The molecule has 106 valence electrons. The second-order valence-electron chi connectivity index (χ2n) is 4.23. The predicted molar refractivity (Wildman–Crippen MR) is 77.1 cm³/mol. The summed E-state index contributed by atoms with van der Waals surface area (Å²) in [6, 6.07) is 6.51. The number of aliphatic hydroxyl groups excluding tert-OH is 1. The maximum absolute atomic E-state index is 10.8. The minimum absolute atomic E-state index is 0.229. The summed E-state index contributed by atoms with van der Waals surface area (Å²) in [5.74, 6) is 0.618. The molecule has 0 aliphatic heterocycles. The highest BCUT2D eigenvalue weighted by atomic mass is 32.2. The Bertz CT molecular complexity index is 395. The third kappa shape index (κ3) is 6.50. The molecule has 0 aliphatic carbocycles. The van der Waals surface area contributed by atoms with Crippen molar-refractivity contribution in [1.82, 2.24) is 0 Å². The van der Waals surface area contributed by atoms with Crippen molar-refractivity contribution in [1.29, 1.82) is 0 Å². The lowest BCUT2D eigenvalue weighted by molar-refractivity contribution is 0.0696. The smallest absolute Gasteiger partial charge is 0.335 e. The van der Waals surface area contributed by atoms with Gasteiger partial charge in [-0.25, -0.2) is 4.79 Å². The van der Waals surface area contributed by atoms with Crippen LogP contribution in [0.1, 0.15) is 30.1 Å². The molecule has 4 nitrogen and oxygen atoms in total. The first-order valence-corrected chi connectivity index (χ1v) is 7.37. The van der Waals surface area contributed by atoms with E-state index in [-0.39, 0.29) is 12.2 Å². The fourth-order valence-corrected chi connectivity index (χ4v) is 2.48. The Morgan fingerprint density at radius 2 is 2.26 bits per heavy atom. The van der Waals surface area contributed by atoms with Gasteiger partial charge in [-0.1, -0.05) is 13.0 Å². The molecule has 19 heavy (non-hydrogen) atoms. The first kappa shape index (κ1) is 15.9. The quantitative estimate of drug-likeness (QED) is 0.682. The average Bonchev–Trinajstić information content (AvgIpc) is 2.39. The molecule has 1 unspecified atom stereocenters. The van der Waals surface area contributed by atoms with E-state index in [1.54, 1.807) is 18.2 Å². The maximum atomic E-state index is 10.8. The van der Waals surface area contributed by atoms with Crippen LogP contribution in [0.15, 0.2) is 24.3 Å². The van der Waals surface area contributed by atoms with Gasteiger partial charge in [0.25, 0.3) is 0 Å². The van der Waals surface area contributed by atoms with Gasteiger partial charge in [-0.15, -0.1) is 0 Å². The number of aliphatic hydroxyl groups is 1. The van der Waals surface area contributed by atoms with Crippen molar-refractivity contribution >= 4 is 17.7 Å². The number of carboxylic acids is 1. The Labute approximate surface area is 117 Å². The monoisotopic (exact) mass is 284 g/mol. The van der Waals surface area contributed by atoms with E-state index in [4.69, 9.17) is 14.9 Å². The highest BCUT2D eigenvalue weighted by Gasteiger charge is 2.04. The molecule has 0 fully saturated rings. The average molecular weight is 284 g/mol. The van der Waals surface area contributed by atoms with Gasteiger partial charge in [-0.05, 0) is 36.8 Å². The molecule has 0 heterocycles. The molecule has 0 aliphatic rings. The summed E-state index contributed by atoms with van der Waals surface area (Å²) in [5, 5.41) is 18.1. The first-order chi connectivity index (χ1) is 9.13. The lowest BCUT2D eigenvalue weighted by Crippen LogP contribution is -2.04. The number of thioether (sulfide) groups is 1. The lowest BCUT2D eigenvalue weighted by atomic mass is 10.2. The largest absolute Gasteiger partial charge is 0.494 e. The standard InChI is InChI=1S/C14H20O4S/c1-11(6-7-15)19-9-3-8-18-13-5-2-4-12(10-13)14(16)17/h2,4-5,10-11,15H,3,6-9H2,1H3,(H,16,17). The van der Waals surface area contributed by atoms with E-state index in [2.05, 4.69) is 6.92 Å². The molecule has 1 aromatic rings. The Morgan fingerprint density at radius 1 is 1.47 bits per heavy atom. The number of hydrogen-bond acceptors (Lipinski definition) is 4. The van der Waals surface area contributed by atoms with Crippen LogP contribution in [-0.2, 0) is 0 Å². The molecular weight excluding hydrogens is 264 g/mol. The van der Waals surface area contributed by atoms with Crippen molar-refractivity contribution in [3.63, 3.8) is 0 Å². The van der Waals surface area contributed by atoms with Crippen molar-refractivity contribution in [2.75, 3.05) is 19.0 Å². The molecule has 0 saturated heterocycles. The van der Waals surface area contributed by atoms with Crippen molar-refractivity contribution in [3.8, 4) is 5.75 Å². The van der Waals surface area contributed by atoms with Gasteiger partial charge in [-0.2, -0.15) is 11.8 Å². The zero-order chi connectivity index (χ0) is 14.1. The van der Waals surface area contributed by atoms with E-state index in [0.29, 0.717) is 17.6 Å². The molecule has 0 saturated carbocycles. The minimum atomic E-state index is -0.946. The molecule has 0 amide bonds. The van der Waals surface area contributed by atoms with Gasteiger partial charge in [0.2, 0.25) is 0 Å². The van der Waals surface area contributed by atoms with Crippen LogP contribution >= 0.6 is 11.8 Å². The Kier molecular flexibility index (Phi) is 7.36. The van der Waals surface area contributed by atoms with E-state index in [9.17, 15) is 4.79 Å². The van der Waals surface area contributed by atoms with Crippen LogP contribution in [0.5, 0.6) is 5.75 Å². The van der Waals surface area contributed by atoms with Gasteiger partial charge in [0.15, 0.2) is 0 Å². The van der Waals surface area contributed by atoms with Gasteiger partial charge in [-0.3, -0.25) is 0 Å². The predicted octanol–water partition coefficient (Wildman–Crippen LogP) is 2.66. The molecule has 5 heteroatoms. The zero-order valence-corrected chi connectivity index (χ0v) is 11.9. The summed E-state index contributed by atoms with van der Waals surface area (Å²) in [6.07, 6.45) is 1.71. The van der Waals surface area contributed by atoms with Gasteiger partial charge in [0.05, 0.1) is 12.2 Å². The fourth-order valence-electron chi connectivity index (χ4n) is 1.52. The number of benzene rings is 1. The highest BCUT2D eigenvalue weighted by molar-refractivity contribution is 7.99. The van der Waals surface area contributed by atoms with Crippen molar-refractivity contribution in [2.24, 2.45) is 0 Å². The molecule has 0 radical (unpaired) electrons. The summed E-state index contributed by atoms with van der Waals surface area (Å²) in [7, 11) is 0. The van der Waals surface area contributed by atoms with Crippen LogP contribution < -0.4 is 4.74 Å². The molecule has 0 bridgehead atoms. The van der Waals surface area contributed by atoms with Gasteiger partial charge in [0, 0.05) is 11.9 Å². The molecule has 0 spiro atoms. The van der Waals surface area contributed by atoms with E-state index >= 15 is 0 Å². The number of ether oxygens (including phenoxy) is 1. The SMILES string of the molecule is CC(CCO)SCCCOc1cccc(C(=O)O)c1. The summed E-state index contributed by atoms with van der Waals surface area (Å²) >= 11 is 1.81. The van der Waals surface area contributed by atoms with Crippen LogP contribution in [0.25, 0.3) is 0 Å². The second-order valence-corrected chi connectivity index (χ2v) is 5.78. The van der Waals surface area contributed by atoms with Crippen LogP contribution in [0.3, 0.4) is 0 Å². The molecule has 1 rings (SSSR count). The van der Waals surface area contributed by atoms with Gasteiger partial charge in [0.1, 0.15) is 5.75 Å². The topological polar surface area (TPSA) is 66.8 Å². The summed E-state index contributed by atoms with van der Waals surface area (Å²) in [5.41, 5.74) is 0.239. The van der Waals surface area contributed by atoms with Gasteiger partial charge >= 0.3 is 5.97 Å².